The number of anilines is 1. The minimum Gasteiger partial charge on any atom is -0.372 e. The van der Waals surface area contributed by atoms with Crippen LogP contribution in [0, 0.1) is 11.2 Å². The number of nitrogens with one attached hydrogen (secondary N) is 2. The van der Waals surface area contributed by atoms with Gasteiger partial charge in [0.15, 0.2) is 0 Å². The van der Waals surface area contributed by atoms with Gasteiger partial charge in [-0.1, -0.05) is 13.8 Å². The molecule has 1 heterocycles. The zero-order chi connectivity index (χ0) is 15.3. The Morgan fingerprint density at radius 2 is 2.10 bits per heavy atom. The van der Waals surface area contributed by atoms with Gasteiger partial charge in [-0.3, -0.25) is 4.79 Å². The van der Waals surface area contributed by atoms with Gasteiger partial charge in [0.1, 0.15) is 11.6 Å². The number of halogens is 1. The molecule has 0 saturated carbocycles. The van der Waals surface area contributed by atoms with E-state index in [0.717, 1.165) is 12.7 Å². The quantitative estimate of drug-likeness (QED) is 0.832. The molecule has 1 aromatic rings. The average molecular weight is 282 g/mol. The van der Waals surface area contributed by atoms with Crippen LogP contribution >= 0.6 is 0 Å². The first-order valence-corrected chi connectivity index (χ1v) is 6.51. The van der Waals surface area contributed by atoms with E-state index < -0.39 is 5.82 Å². The molecular formula is C14H23FN4O. The van der Waals surface area contributed by atoms with Gasteiger partial charge in [0, 0.05) is 20.1 Å². The molecule has 1 aromatic heterocycles. The van der Waals surface area contributed by atoms with E-state index in [-0.39, 0.29) is 16.9 Å². The highest BCUT2D eigenvalue weighted by molar-refractivity contribution is 5.98. The van der Waals surface area contributed by atoms with E-state index in [4.69, 9.17) is 0 Å². The fourth-order valence-electron chi connectivity index (χ4n) is 2.14. The number of carbonyl (C=O) groups excluding carboxylic acids is 1. The number of hydrogen-bond acceptors (Lipinski definition) is 4. The summed E-state index contributed by atoms with van der Waals surface area (Å²) in [6.07, 6.45) is 1.08. The number of pyridine rings is 1. The van der Waals surface area contributed by atoms with Crippen molar-refractivity contribution in [2.45, 2.75) is 13.8 Å². The minimum atomic E-state index is -0.526. The molecule has 0 bridgehead atoms. The summed E-state index contributed by atoms with van der Waals surface area (Å²) in [4.78, 5) is 18.1. The van der Waals surface area contributed by atoms with E-state index in [1.165, 1.54) is 6.07 Å². The van der Waals surface area contributed by atoms with Crippen molar-refractivity contribution in [3.8, 4) is 0 Å². The Labute approximate surface area is 119 Å². The first-order valence-electron chi connectivity index (χ1n) is 6.51. The van der Waals surface area contributed by atoms with Gasteiger partial charge in [-0.2, -0.15) is 0 Å². The van der Waals surface area contributed by atoms with Crippen LogP contribution in [-0.4, -0.2) is 50.0 Å². The van der Waals surface area contributed by atoms with Gasteiger partial charge < -0.3 is 15.5 Å². The second-order valence-electron chi connectivity index (χ2n) is 5.88. The molecule has 0 spiro atoms. The van der Waals surface area contributed by atoms with Crippen molar-refractivity contribution in [3.63, 3.8) is 0 Å². The molecule has 0 unspecified atom stereocenters. The summed E-state index contributed by atoms with van der Waals surface area (Å²) in [5.41, 5.74) is 0.146. The number of hydrogen-bond donors (Lipinski definition) is 2. The van der Waals surface area contributed by atoms with E-state index >= 15 is 0 Å². The summed E-state index contributed by atoms with van der Waals surface area (Å²) >= 11 is 0. The predicted molar refractivity (Wildman–Crippen MR) is 78.4 cm³/mol. The Kier molecular flexibility index (Phi) is 5.44. The molecule has 20 heavy (non-hydrogen) atoms. The minimum absolute atomic E-state index is 0.0697. The summed E-state index contributed by atoms with van der Waals surface area (Å²) in [6.45, 7) is 5.48. The molecule has 0 radical (unpaired) electrons. The second kappa shape index (κ2) is 6.65. The Morgan fingerprint density at radius 3 is 2.65 bits per heavy atom. The highest BCUT2D eigenvalue weighted by Gasteiger charge is 2.21. The molecule has 0 saturated heterocycles. The number of carbonyl (C=O) groups is 1. The van der Waals surface area contributed by atoms with Crippen LogP contribution in [0.5, 0.6) is 0 Å². The molecule has 112 valence electrons. The molecule has 2 N–H and O–H groups in total. The molecule has 0 atom stereocenters. The molecule has 0 aliphatic heterocycles. The smallest absolute Gasteiger partial charge is 0.255 e. The van der Waals surface area contributed by atoms with Crippen molar-refractivity contribution in [3.05, 3.63) is 23.6 Å². The summed E-state index contributed by atoms with van der Waals surface area (Å²) in [6, 6.07) is 1.19. The largest absolute Gasteiger partial charge is 0.372 e. The Bertz CT molecular complexity index is 474. The van der Waals surface area contributed by atoms with Crippen LogP contribution in [0.3, 0.4) is 0 Å². The Balaban J connectivity index is 2.74. The molecule has 1 rings (SSSR count). The van der Waals surface area contributed by atoms with Gasteiger partial charge in [0.25, 0.3) is 5.91 Å². The fourth-order valence-corrected chi connectivity index (χ4v) is 2.14. The molecular weight excluding hydrogens is 259 g/mol. The van der Waals surface area contributed by atoms with Gasteiger partial charge in [-0.15, -0.1) is 0 Å². The average Bonchev–Trinajstić information content (AvgIpc) is 2.34. The zero-order valence-corrected chi connectivity index (χ0v) is 12.7. The standard InChI is InChI=1S/C14H23FN4O/c1-14(2,9-19(4)5)8-18-13(20)11-6-10(15)7-17-12(11)16-3/h6-7H,8-9H2,1-5H3,(H,16,17)(H,18,20). The Hall–Kier alpha value is -1.69. The summed E-state index contributed by atoms with van der Waals surface area (Å²) in [5, 5.41) is 5.62. The van der Waals surface area contributed by atoms with E-state index in [1.807, 2.05) is 14.1 Å². The van der Waals surface area contributed by atoms with Crippen LogP contribution in [-0.2, 0) is 0 Å². The van der Waals surface area contributed by atoms with E-state index in [2.05, 4.69) is 34.4 Å². The molecule has 0 aliphatic rings. The summed E-state index contributed by atoms with van der Waals surface area (Å²) < 4.78 is 13.2. The third kappa shape index (κ3) is 4.77. The highest BCUT2D eigenvalue weighted by Crippen LogP contribution is 2.16. The van der Waals surface area contributed by atoms with Crippen LogP contribution in [0.15, 0.2) is 12.3 Å². The van der Waals surface area contributed by atoms with Crippen molar-refractivity contribution >= 4 is 11.7 Å². The Morgan fingerprint density at radius 1 is 1.45 bits per heavy atom. The predicted octanol–water partition coefficient (Wildman–Crippen LogP) is 1.58. The van der Waals surface area contributed by atoms with Crippen molar-refractivity contribution in [1.29, 1.82) is 0 Å². The topological polar surface area (TPSA) is 57.3 Å². The van der Waals surface area contributed by atoms with Crippen molar-refractivity contribution in [2.75, 3.05) is 39.5 Å². The summed E-state index contributed by atoms with van der Waals surface area (Å²) in [7, 11) is 5.62. The molecule has 0 fully saturated rings. The zero-order valence-electron chi connectivity index (χ0n) is 12.7. The maximum Gasteiger partial charge on any atom is 0.255 e. The lowest BCUT2D eigenvalue weighted by Gasteiger charge is -2.28. The lowest BCUT2D eigenvalue weighted by atomic mass is 9.93. The van der Waals surface area contributed by atoms with Crippen LogP contribution in [0.4, 0.5) is 10.2 Å². The third-order valence-corrected chi connectivity index (χ3v) is 2.81. The monoisotopic (exact) mass is 282 g/mol. The van der Waals surface area contributed by atoms with E-state index in [9.17, 15) is 9.18 Å². The number of nitrogens with zero attached hydrogens (tertiary/aromatic N) is 2. The van der Waals surface area contributed by atoms with E-state index in [1.54, 1.807) is 7.05 Å². The van der Waals surface area contributed by atoms with Gasteiger partial charge in [0.05, 0.1) is 11.8 Å². The van der Waals surface area contributed by atoms with Gasteiger partial charge in [-0.25, -0.2) is 9.37 Å². The van der Waals surface area contributed by atoms with Gasteiger partial charge in [0.2, 0.25) is 0 Å². The first kappa shape index (κ1) is 16.4. The fraction of sp³-hybridized carbons (Fsp3) is 0.571. The number of amides is 1. The molecule has 5 nitrogen and oxygen atoms in total. The highest BCUT2D eigenvalue weighted by atomic mass is 19.1. The molecule has 6 heteroatoms. The van der Waals surface area contributed by atoms with Crippen molar-refractivity contribution in [2.24, 2.45) is 5.41 Å². The lowest BCUT2D eigenvalue weighted by Crippen LogP contribution is -2.40. The lowest BCUT2D eigenvalue weighted by molar-refractivity contribution is 0.0929. The van der Waals surface area contributed by atoms with Gasteiger partial charge >= 0.3 is 0 Å². The van der Waals surface area contributed by atoms with E-state index in [0.29, 0.717) is 12.4 Å². The van der Waals surface area contributed by atoms with Crippen LogP contribution in [0.2, 0.25) is 0 Å². The van der Waals surface area contributed by atoms with Crippen molar-refractivity contribution in [1.82, 2.24) is 15.2 Å². The number of rotatable bonds is 6. The van der Waals surface area contributed by atoms with Crippen molar-refractivity contribution < 1.29 is 9.18 Å². The van der Waals surface area contributed by atoms with Gasteiger partial charge in [-0.05, 0) is 25.6 Å². The maximum absolute atomic E-state index is 13.2. The summed E-state index contributed by atoms with van der Waals surface area (Å²) in [5.74, 6) is -0.482. The SMILES string of the molecule is CNc1ncc(F)cc1C(=O)NCC(C)(C)CN(C)C. The number of aromatic nitrogens is 1. The maximum atomic E-state index is 13.2. The molecule has 0 aliphatic carbocycles. The third-order valence-electron chi connectivity index (χ3n) is 2.81. The first-order chi connectivity index (χ1) is 9.25. The normalized spacial score (nSPS) is 11.6. The van der Waals surface area contributed by atoms with Crippen LogP contribution in [0.25, 0.3) is 0 Å². The van der Waals surface area contributed by atoms with Crippen LogP contribution in [0.1, 0.15) is 24.2 Å². The van der Waals surface area contributed by atoms with Crippen LogP contribution < -0.4 is 10.6 Å². The molecule has 1 amide bonds. The second-order valence-corrected chi connectivity index (χ2v) is 5.88. The molecule has 0 aromatic carbocycles.